The lowest BCUT2D eigenvalue weighted by Crippen LogP contribution is -2.00. The molecule has 0 amide bonds. The summed E-state index contributed by atoms with van der Waals surface area (Å²) in [6.07, 6.45) is 0. The first kappa shape index (κ1) is 30.8. The van der Waals surface area contributed by atoms with Gasteiger partial charge in [0, 0.05) is 43.6 Å². The summed E-state index contributed by atoms with van der Waals surface area (Å²) >= 11 is 0. The zero-order valence-electron chi connectivity index (χ0n) is 30.0. The SMILES string of the molecule is c1ccc(-c2nc(-c3ccc4ccccc4c3)nc(-c3cccc4oc5c(-n6c7ccccc7c7cc8ccccc8cc76)c6ccccc6cc5c34)n2)cc1. The second-order valence-corrected chi connectivity index (χ2v) is 14.4. The molecule has 56 heavy (non-hydrogen) atoms. The normalized spacial score (nSPS) is 11.9. The molecule has 12 aromatic rings. The van der Waals surface area contributed by atoms with E-state index in [0.717, 1.165) is 71.5 Å². The van der Waals surface area contributed by atoms with Crippen LogP contribution in [-0.4, -0.2) is 19.5 Å². The van der Waals surface area contributed by atoms with Gasteiger partial charge >= 0.3 is 0 Å². The molecule has 260 valence electrons. The zero-order chi connectivity index (χ0) is 36.7. The molecule has 0 fully saturated rings. The fraction of sp³-hybridized carbons (Fsp3) is 0. The quantitative estimate of drug-likeness (QED) is 0.182. The van der Waals surface area contributed by atoms with E-state index in [4.69, 9.17) is 19.4 Å². The monoisotopic (exact) mass is 714 g/mol. The Labute approximate surface area is 320 Å². The molecule has 0 aliphatic rings. The van der Waals surface area contributed by atoms with Gasteiger partial charge in [-0.05, 0) is 63.3 Å². The predicted molar refractivity (Wildman–Crippen MR) is 230 cm³/mol. The van der Waals surface area contributed by atoms with Gasteiger partial charge in [-0.3, -0.25) is 0 Å². The van der Waals surface area contributed by atoms with Crippen LogP contribution in [0.2, 0.25) is 0 Å². The third-order valence-electron chi connectivity index (χ3n) is 11.2. The van der Waals surface area contributed by atoms with Gasteiger partial charge in [-0.25, -0.2) is 15.0 Å². The van der Waals surface area contributed by atoms with Crippen molar-refractivity contribution in [3.05, 3.63) is 182 Å². The molecule has 3 aromatic heterocycles. The molecule has 0 aliphatic carbocycles. The van der Waals surface area contributed by atoms with Crippen molar-refractivity contribution < 1.29 is 4.42 Å². The van der Waals surface area contributed by atoms with Crippen molar-refractivity contribution in [1.29, 1.82) is 0 Å². The molecule has 12 rings (SSSR count). The number of rotatable bonds is 4. The average Bonchev–Trinajstić information content (AvgIpc) is 3.79. The molecule has 5 nitrogen and oxygen atoms in total. The summed E-state index contributed by atoms with van der Waals surface area (Å²) in [5, 5.41) is 11.3. The minimum absolute atomic E-state index is 0.591. The Balaban J connectivity index is 1.17. The number of furan rings is 1. The third kappa shape index (κ3) is 4.64. The van der Waals surface area contributed by atoms with E-state index in [-0.39, 0.29) is 0 Å². The van der Waals surface area contributed by atoms with E-state index in [1.807, 2.05) is 36.4 Å². The summed E-state index contributed by atoms with van der Waals surface area (Å²) in [5.74, 6) is 1.83. The molecule has 0 unspecified atom stereocenters. The van der Waals surface area contributed by atoms with Gasteiger partial charge in [0.15, 0.2) is 23.1 Å². The summed E-state index contributed by atoms with van der Waals surface area (Å²) in [6.45, 7) is 0. The molecule has 0 bridgehead atoms. The molecule has 0 atom stereocenters. The predicted octanol–water partition coefficient (Wildman–Crippen LogP) is 13.3. The summed E-state index contributed by atoms with van der Waals surface area (Å²) in [4.78, 5) is 15.4. The van der Waals surface area contributed by atoms with Gasteiger partial charge in [0.1, 0.15) is 5.58 Å². The third-order valence-corrected chi connectivity index (χ3v) is 11.2. The first-order valence-corrected chi connectivity index (χ1v) is 18.9. The summed E-state index contributed by atoms with van der Waals surface area (Å²) in [7, 11) is 0. The van der Waals surface area contributed by atoms with E-state index in [0.29, 0.717) is 17.5 Å². The number of fused-ring (bicyclic) bond motifs is 9. The van der Waals surface area contributed by atoms with E-state index in [1.54, 1.807) is 0 Å². The molecular weight excluding hydrogens is 685 g/mol. The van der Waals surface area contributed by atoms with Crippen molar-refractivity contribution in [2.24, 2.45) is 0 Å². The van der Waals surface area contributed by atoms with Gasteiger partial charge < -0.3 is 8.98 Å². The van der Waals surface area contributed by atoms with Crippen molar-refractivity contribution in [1.82, 2.24) is 19.5 Å². The number of para-hydroxylation sites is 1. The fourth-order valence-corrected chi connectivity index (χ4v) is 8.58. The summed E-state index contributed by atoms with van der Waals surface area (Å²) < 4.78 is 9.45. The number of hydrogen-bond acceptors (Lipinski definition) is 4. The van der Waals surface area contributed by atoms with E-state index >= 15 is 0 Å². The van der Waals surface area contributed by atoms with Gasteiger partial charge in [-0.15, -0.1) is 0 Å². The van der Waals surface area contributed by atoms with Gasteiger partial charge in [-0.2, -0.15) is 0 Å². The Hall–Kier alpha value is -7.63. The van der Waals surface area contributed by atoms with Gasteiger partial charge in [0.05, 0.1) is 16.7 Å². The van der Waals surface area contributed by atoms with Crippen LogP contribution in [0, 0.1) is 0 Å². The van der Waals surface area contributed by atoms with Crippen LogP contribution in [0.25, 0.3) is 116 Å². The molecule has 3 heterocycles. The second kappa shape index (κ2) is 11.9. The zero-order valence-corrected chi connectivity index (χ0v) is 30.0. The van der Waals surface area contributed by atoms with E-state index < -0.39 is 0 Å². The van der Waals surface area contributed by atoms with Crippen LogP contribution < -0.4 is 0 Å². The number of aromatic nitrogens is 4. The van der Waals surface area contributed by atoms with Crippen LogP contribution >= 0.6 is 0 Å². The molecule has 0 saturated heterocycles. The largest absolute Gasteiger partial charge is 0.454 e. The summed E-state index contributed by atoms with van der Waals surface area (Å²) in [6, 6.07) is 63.8. The van der Waals surface area contributed by atoms with Crippen molar-refractivity contribution >= 4 is 76.1 Å². The van der Waals surface area contributed by atoms with Crippen LogP contribution in [-0.2, 0) is 0 Å². The smallest absolute Gasteiger partial charge is 0.164 e. The molecular formula is C51H30N4O. The second-order valence-electron chi connectivity index (χ2n) is 14.4. The molecule has 9 aromatic carbocycles. The molecule has 0 spiro atoms. The van der Waals surface area contributed by atoms with Crippen LogP contribution in [0.15, 0.2) is 186 Å². The highest BCUT2D eigenvalue weighted by molar-refractivity contribution is 6.21. The van der Waals surface area contributed by atoms with Gasteiger partial charge in [-0.1, -0.05) is 146 Å². The molecule has 0 N–H and O–H groups in total. The Morgan fingerprint density at radius 1 is 0.375 bits per heavy atom. The van der Waals surface area contributed by atoms with Crippen molar-refractivity contribution in [2.75, 3.05) is 0 Å². The maximum Gasteiger partial charge on any atom is 0.164 e. The Morgan fingerprint density at radius 3 is 1.82 bits per heavy atom. The highest BCUT2D eigenvalue weighted by atomic mass is 16.3. The van der Waals surface area contributed by atoms with Crippen molar-refractivity contribution in [2.45, 2.75) is 0 Å². The fourth-order valence-electron chi connectivity index (χ4n) is 8.58. The first-order chi connectivity index (χ1) is 27.7. The molecule has 0 aliphatic heterocycles. The van der Waals surface area contributed by atoms with Crippen LogP contribution in [0.3, 0.4) is 0 Å². The van der Waals surface area contributed by atoms with Crippen LogP contribution in [0.1, 0.15) is 0 Å². The lowest BCUT2D eigenvalue weighted by atomic mass is 10.0. The maximum absolute atomic E-state index is 7.05. The minimum atomic E-state index is 0.591. The molecule has 0 saturated carbocycles. The first-order valence-electron chi connectivity index (χ1n) is 18.9. The minimum Gasteiger partial charge on any atom is -0.454 e. The van der Waals surface area contributed by atoms with Crippen molar-refractivity contribution in [3.8, 4) is 39.9 Å². The Morgan fingerprint density at radius 2 is 1.00 bits per heavy atom. The Bertz CT molecular complexity index is 3540. The number of benzene rings is 9. The van der Waals surface area contributed by atoms with E-state index in [1.165, 1.54) is 26.9 Å². The lowest BCUT2D eigenvalue weighted by Gasteiger charge is -2.13. The number of nitrogens with zero attached hydrogens (tertiary/aromatic N) is 4. The highest BCUT2D eigenvalue weighted by Crippen LogP contribution is 2.45. The topological polar surface area (TPSA) is 56.7 Å². The standard InChI is InChI=1S/C51H30N4O/c1-2-14-32(15-3-1)49-52-50(37-26-25-31-13-4-5-16-33(31)27-37)54-51(53-49)40-22-12-24-45-46(40)42-29-36-19-8-9-20-38(36)47(48(42)56-45)55-43-23-11-10-21-39(43)41-28-34-17-6-7-18-35(34)30-44(41)55/h1-30H. The van der Waals surface area contributed by atoms with E-state index in [2.05, 4.69) is 150 Å². The van der Waals surface area contributed by atoms with Gasteiger partial charge in [0.2, 0.25) is 0 Å². The van der Waals surface area contributed by atoms with Crippen LogP contribution in [0.5, 0.6) is 0 Å². The van der Waals surface area contributed by atoms with Gasteiger partial charge in [0.25, 0.3) is 0 Å². The molecule has 5 heteroatoms. The summed E-state index contributed by atoms with van der Waals surface area (Å²) in [5.41, 5.74) is 7.60. The number of hydrogen-bond donors (Lipinski definition) is 0. The maximum atomic E-state index is 7.05. The van der Waals surface area contributed by atoms with Crippen LogP contribution in [0.4, 0.5) is 0 Å². The van der Waals surface area contributed by atoms with Crippen molar-refractivity contribution in [3.63, 3.8) is 0 Å². The Kier molecular flexibility index (Phi) is 6.56. The van der Waals surface area contributed by atoms with E-state index in [9.17, 15) is 0 Å². The lowest BCUT2D eigenvalue weighted by molar-refractivity contribution is 0.667. The average molecular weight is 715 g/mol. The highest BCUT2D eigenvalue weighted by Gasteiger charge is 2.24. The molecule has 0 radical (unpaired) electrons.